The summed E-state index contributed by atoms with van der Waals surface area (Å²) in [6, 6.07) is 4.14. The zero-order chi connectivity index (χ0) is 39.1. The minimum absolute atomic E-state index is 0.00227. The van der Waals surface area contributed by atoms with Crippen LogP contribution in [0.1, 0.15) is 101 Å². The summed E-state index contributed by atoms with van der Waals surface area (Å²) in [6.07, 6.45) is 0.283. The van der Waals surface area contributed by atoms with Gasteiger partial charge >= 0.3 is 12.1 Å². The SMILES string of the molecule is COC(=O)[C@H](Cc1ccccc1)NC(=O)[C@H](CC(C)C)NC(=O)[C@@H](NC(=O)[C@@H](CC(C)C)NC(=O)[C@H](CC(C)C)NC(=O)OC(C)(C)C)C(C)C. The van der Waals surface area contributed by atoms with Crippen LogP contribution in [0.5, 0.6) is 0 Å². The second kappa shape index (κ2) is 21.3. The molecule has 13 heteroatoms. The Morgan fingerprint density at radius 2 is 1.00 bits per heavy atom. The fourth-order valence-corrected chi connectivity index (χ4v) is 5.34. The molecule has 0 unspecified atom stereocenters. The van der Waals surface area contributed by atoms with E-state index in [9.17, 15) is 28.8 Å². The number of esters is 1. The highest BCUT2D eigenvalue weighted by Gasteiger charge is 2.35. The first-order chi connectivity index (χ1) is 23.6. The quantitative estimate of drug-likeness (QED) is 0.133. The lowest BCUT2D eigenvalue weighted by Crippen LogP contribution is -2.60. The fourth-order valence-electron chi connectivity index (χ4n) is 5.34. The van der Waals surface area contributed by atoms with Crippen LogP contribution in [0, 0.1) is 23.7 Å². The van der Waals surface area contributed by atoms with Crippen LogP contribution in [0.3, 0.4) is 0 Å². The van der Waals surface area contributed by atoms with Gasteiger partial charge in [-0.05, 0) is 69.3 Å². The first kappa shape index (κ1) is 44.9. The molecule has 0 aromatic heterocycles. The highest BCUT2D eigenvalue weighted by molar-refractivity contribution is 5.96. The third-order valence-corrected chi connectivity index (χ3v) is 7.73. The summed E-state index contributed by atoms with van der Waals surface area (Å²) in [7, 11) is 1.24. The second-order valence-corrected chi connectivity index (χ2v) is 15.7. The number of alkyl carbamates (subject to hydrolysis) is 1. The summed E-state index contributed by atoms with van der Waals surface area (Å²) in [4.78, 5) is 79.8. The third-order valence-electron chi connectivity index (χ3n) is 7.73. The number of methoxy groups -OCH3 is 1. The summed E-state index contributed by atoms with van der Waals surface area (Å²) >= 11 is 0. The van der Waals surface area contributed by atoms with Crippen molar-refractivity contribution in [2.45, 2.75) is 138 Å². The van der Waals surface area contributed by atoms with E-state index in [1.165, 1.54) is 7.11 Å². The molecule has 0 aliphatic heterocycles. The molecule has 5 atom stereocenters. The van der Waals surface area contributed by atoms with Crippen LogP contribution in [0.2, 0.25) is 0 Å². The highest BCUT2D eigenvalue weighted by atomic mass is 16.6. The lowest BCUT2D eigenvalue weighted by atomic mass is 9.97. The fraction of sp³-hybridized carbons (Fsp3) is 0.684. The maximum Gasteiger partial charge on any atom is 0.408 e. The van der Waals surface area contributed by atoms with Crippen LogP contribution in [0.15, 0.2) is 30.3 Å². The molecule has 0 saturated heterocycles. The van der Waals surface area contributed by atoms with Crippen LogP contribution in [0.4, 0.5) is 4.79 Å². The van der Waals surface area contributed by atoms with Gasteiger partial charge in [0.1, 0.15) is 35.8 Å². The summed E-state index contributed by atoms with van der Waals surface area (Å²) in [5, 5.41) is 13.7. The van der Waals surface area contributed by atoms with Crippen molar-refractivity contribution in [3.05, 3.63) is 35.9 Å². The van der Waals surface area contributed by atoms with Crippen LogP contribution in [-0.4, -0.2) is 78.6 Å². The zero-order valence-corrected chi connectivity index (χ0v) is 32.7. The monoisotopic (exact) mass is 717 g/mol. The van der Waals surface area contributed by atoms with Crippen molar-refractivity contribution in [3.63, 3.8) is 0 Å². The minimum atomic E-state index is -1.06. The van der Waals surface area contributed by atoms with Crippen molar-refractivity contribution in [1.82, 2.24) is 26.6 Å². The lowest BCUT2D eigenvalue weighted by Gasteiger charge is -2.30. The number of benzene rings is 1. The van der Waals surface area contributed by atoms with Crippen molar-refractivity contribution >= 4 is 35.7 Å². The smallest absolute Gasteiger partial charge is 0.408 e. The Kier molecular flexibility index (Phi) is 18.7. The molecule has 0 spiro atoms. The number of hydrogen-bond donors (Lipinski definition) is 5. The highest BCUT2D eigenvalue weighted by Crippen LogP contribution is 2.14. The van der Waals surface area contributed by atoms with Gasteiger partial charge in [0.05, 0.1) is 7.11 Å². The van der Waals surface area contributed by atoms with Crippen LogP contribution >= 0.6 is 0 Å². The topological polar surface area (TPSA) is 181 Å². The predicted octanol–water partition coefficient (Wildman–Crippen LogP) is 4.03. The van der Waals surface area contributed by atoms with Crippen molar-refractivity contribution < 1.29 is 38.2 Å². The van der Waals surface area contributed by atoms with Gasteiger partial charge in [-0.3, -0.25) is 19.2 Å². The van der Waals surface area contributed by atoms with Crippen molar-refractivity contribution in [1.29, 1.82) is 0 Å². The number of nitrogens with one attached hydrogen (secondary N) is 5. The first-order valence-electron chi connectivity index (χ1n) is 18.0. The van der Waals surface area contributed by atoms with Gasteiger partial charge in [0, 0.05) is 6.42 Å². The van der Waals surface area contributed by atoms with E-state index in [1.54, 1.807) is 34.6 Å². The molecule has 0 heterocycles. The summed E-state index contributed by atoms with van der Waals surface area (Å²) in [5.74, 6) is -3.26. The van der Waals surface area contributed by atoms with E-state index in [1.807, 2.05) is 71.9 Å². The molecule has 5 amide bonds. The molecule has 0 saturated carbocycles. The van der Waals surface area contributed by atoms with E-state index in [4.69, 9.17) is 9.47 Å². The molecule has 1 aromatic rings. The number of amides is 5. The van der Waals surface area contributed by atoms with Crippen molar-refractivity contribution in [3.8, 4) is 0 Å². The maximum absolute atomic E-state index is 13.8. The molecule has 0 aliphatic rings. The number of carbonyl (C=O) groups excluding carboxylic acids is 6. The molecule has 1 aromatic carbocycles. The Labute approximate surface area is 304 Å². The largest absolute Gasteiger partial charge is 0.467 e. The van der Waals surface area contributed by atoms with Gasteiger partial charge in [0.25, 0.3) is 0 Å². The van der Waals surface area contributed by atoms with Gasteiger partial charge in [-0.1, -0.05) is 85.7 Å². The molecular formula is C38H63N5O8. The molecule has 51 heavy (non-hydrogen) atoms. The lowest BCUT2D eigenvalue weighted by molar-refractivity contribution is -0.145. The number of rotatable bonds is 19. The average Bonchev–Trinajstić information content (AvgIpc) is 3.00. The molecule has 288 valence electrons. The van der Waals surface area contributed by atoms with Crippen molar-refractivity contribution in [2.24, 2.45) is 23.7 Å². The molecule has 5 N–H and O–H groups in total. The van der Waals surface area contributed by atoms with E-state index in [2.05, 4.69) is 26.6 Å². The number of hydrogen-bond acceptors (Lipinski definition) is 8. The minimum Gasteiger partial charge on any atom is -0.467 e. The summed E-state index contributed by atoms with van der Waals surface area (Å²) in [6.45, 7) is 20.1. The van der Waals surface area contributed by atoms with E-state index in [-0.39, 0.29) is 37.0 Å². The average molecular weight is 718 g/mol. The van der Waals surface area contributed by atoms with Crippen LogP contribution < -0.4 is 26.6 Å². The molecule has 0 bridgehead atoms. The Bertz CT molecular complexity index is 1290. The van der Waals surface area contributed by atoms with E-state index < -0.39 is 77.4 Å². The van der Waals surface area contributed by atoms with Gasteiger partial charge < -0.3 is 36.1 Å². The molecule has 13 nitrogen and oxygen atoms in total. The molecule has 1 rings (SSSR count). The van der Waals surface area contributed by atoms with Gasteiger partial charge in [-0.2, -0.15) is 0 Å². The molecule has 0 fully saturated rings. The van der Waals surface area contributed by atoms with Crippen LogP contribution in [0.25, 0.3) is 0 Å². The third kappa shape index (κ3) is 17.6. The van der Waals surface area contributed by atoms with E-state index in [0.717, 1.165) is 5.56 Å². The van der Waals surface area contributed by atoms with Gasteiger partial charge in [-0.15, -0.1) is 0 Å². The Morgan fingerprint density at radius 1 is 0.588 bits per heavy atom. The standard InChI is InChI=1S/C38H63N5O8/c1-22(2)18-27(32(44)41-30(36(48)50-12)21-26-16-14-13-15-17-26)40-35(47)31(25(7)8)43-34(46)28(19-23(3)4)39-33(45)29(20-24(5)6)42-37(49)51-38(9,10)11/h13-17,22-25,27-31H,18-21H2,1-12H3,(H,39,45)(H,40,47)(H,41,44)(H,42,49)(H,43,46)/t27-,28+,29-,30-,31-/m0/s1. The second-order valence-electron chi connectivity index (χ2n) is 15.7. The van der Waals surface area contributed by atoms with Crippen LogP contribution in [-0.2, 0) is 39.9 Å². The molecular weight excluding hydrogens is 654 g/mol. The first-order valence-corrected chi connectivity index (χ1v) is 18.0. The van der Waals surface area contributed by atoms with Gasteiger partial charge in [0.2, 0.25) is 23.6 Å². The molecule has 0 radical (unpaired) electrons. The van der Waals surface area contributed by atoms with E-state index >= 15 is 0 Å². The molecule has 0 aliphatic carbocycles. The number of ether oxygens (including phenoxy) is 2. The maximum atomic E-state index is 13.8. The van der Waals surface area contributed by atoms with Gasteiger partial charge in [-0.25, -0.2) is 9.59 Å². The van der Waals surface area contributed by atoms with Gasteiger partial charge in [0.15, 0.2) is 0 Å². The predicted molar refractivity (Wildman–Crippen MR) is 196 cm³/mol. The summed E-state index contributed by atoms with van der Waals surface area (Å²) in [5.41, 5.74) is 0.0506. The summed E-state index contributed by atoms with van der Waals surface area (Å²) < 4.78 is 10.3. The Balaban J connectivity index is 3.21. The Morgan fingerprint density at radius 3 is 1.41 bits per heavy atom. The normalized spacial score (nSPS) is 14.6. The van der Waals surface area contributed by atoms with Crippen molar-refractivity contribution in [2.75, 3.05) is 7.11 Å². The number of carbonyl (C=O) groups is 6. The van der Waals surface area contributed by atoms with E-state index in [0.29, 0.717) is 6.42 Å². The zero-order valence-electron chi connectivity index (χ0n) is 32.7. The Hall–Kier alpha value is -4.16.